The lowest BCUT2D eigenvalue weighted by Crippen LogP contribution is -2.48. The molecule has 4 rings (SSSR count). The van der Waals surface area contributed by atoms with E-state index in [1.165, 1.54) is 37.9 Å². The molecule has 3 saturated heterocycles. The van der Waals surface area contributed by atoms with Gasteiger partial charge in [0.1, 0.15) is 5.60 Å². The molecule has 3 fully saturated rings. The van der Waals surface area contributed by atoms with Gasteiger partial charge in [-0.1, -0.05) is 18.6 Å². The zero-order chi connectivity index (χ0) is 18.9. The molecular weight excluding hydrogens is 342 g/mol. The van der Waals surface area contributed by atoms with Crippen LogP contribution in [0.2, 0.25) is 0 Å². The lowest BCUT2D eigenvalue weighted by Gasteiger charge is -2.37. The molecule has 6 heteroatoms. The standard InChI is InChI=1S/C21H29N3O3/c1-22-16-21(27-20(22)26)9-13-24(14-10-21)19(25)18-7-5-17(6-8-18)15-23-11-3-2-4-12-23/h5-8H,2-4,9-16H2,1H3. The van der Waals surface area contributed by atoms with Crippen molar-refractivity contribution < 1.29 is 14.3 Å². The Balaban J connectivity index is 1.32. The Labute approximate surface area is 161 Å². The lowest BCUT2D eigenvalue weighted by molar-refractivity contribution is 0.00317. The summed E-state index contributed by atoms with van der Waals surface area (Å²) in [7, 11) is 1.76. The van der Waals surface area contributed by atoms with Crippen LogP contribution in [-0.4, -0.2) is 72.1 Å². The summed E-state index contributed by atoms with van der Waals surface area (Å²) in [6, 6.07) is 8.08. The Bertz CT molecular complexity index is 689. The smallest absolute Gasteiger partial charge is 0.410 e. The first-order valence-electron chi connectivity index (χ1n) is 10.1. The quantitative estimate of drug-likeness (QED) is 0.820. The highest BCUT2D eigenvalue weighted by atomic mass is 16.6. The Morgan fingerprint density at radius 3 is 2.30 bits per heavy atom. The second-order valence-electron chi connectivity index (χ2n) is 8.23. The summed E-state index contributed by atoms with van der Waals surface area (Å²) in [4.78, 5) is 30.5. The summed E-state index contributed by atoms with van der Waals surface area (Å²) in [5.74, 6) is 0.0760. The molecule has 0 saturated carbocycles. The number of nitrogens with zero attached hydrogens (tertiary/aromatic N) is 3. The molecule has 2 amide bonds. The van der Waals surface area contributed by atoms with Crippen LogP contribution >= 0.6 is 0 Å². The first kappa shape index (κ1) is 18.3. The maximum atomic E-state index is 12.8. The van der Waals surface area contributed by atoms with Crippen LogP contribution in [0.1, 0.15) is 48.0 Å². The molecule has 27 heavy (non-hydrogen) atoms. The highest BCUT2D eigenvalue weighted by Gasteiger charge is 2.46. The molecule has 0 aromatic heterocycles. The van der Waals surface area contributed by atoms with E-state index in [2.05, 4.69) is 17.0 Å². The van der Waals surface area contributed by atoms with Gasteiger partial charge in [0.05, 0.1) is 6.54 Å². The summed E-state index contributed by atoms with van der Waals surface area (Å²) in [6.45, 7) is 5.22. The van der Waals surface area contributed by atoms with Crippen LogP contribution < -0.4 is 0 Å². The zero-order valence-electron chi connectivity index (χ0n) is 16.2. The normalized spacial score (nSPS) is 22.9. The largest absolute Gasteiger partial charge is 0.441 e. The van der Waals surface area contributed by atoms with E-state index in [0.717, 1.165) is 12.1 Å². The number of amides is 2. The Morgan fingerprint density at radius 2 is 1.70 bits per heavy atom. The lowest BCUT2D eigenvalue weighted by atomic mass is 9.91. The van der Waals surface area contributed by atoms with Gasteiger partial charge in [-0.05, 0) is 43.6 Å². The molecule has 0 unspecified atom stereocenters. The second-order valence-corrected chi connectivity index (χ2v) is 8.23. The maximum absolute atomic E-state index is 12.8. The van der Waals surface area contributed by atoms with Crippen LogP contribution in [0, 0.1) is 0 Å². The van der Waals surface area contributed by atoms with E-state index >= 15 is 0 Å². The van der Waals surface area contributed by atoms with Crippen LogP contribution in [0.3, 0.4) is 0 Å². The Kier molecular flexibility index (Phi) is 5.08. The summed E-state index contributed by atoms with van der Waals surface area (Å²) < 4.78 is 5.57. The topological polar surface area (TPSA) is 53.1 Å². The maximum Gasteiger partial charge on any atom is 0.410 e. The average Bonchev–Trinajstić information content (AvgIpc) is 2.96. The summed E-state index contributed by atoms with van der Waals surface area (Å²) in [6.07, 6.45) is 5.09. The van der Waals surface area contributed by atoms with Crippen LogP contribution in [0.5, 0.6) is 0 Å². The van der Waals surface area contributed by atoms with Crippen molar-refractivity contribution in [3.8, 4) is 0 Å². The average molecular weight is 371 g/mol. The fourth-order valence-corrected chi connectivity index (χ4v) is 4.48. The van der Waals surface area contributed by atoms with E-state index in [9.17, 15) is 9.59 Å². The van der Waals surface area contributed by atoms with Gasteiger partial charge in [0.25, 0.3) is 5.91 Å². The fourth-order valence-electron chi connectivity index (χ4n) is 4.48. The van der Waals surface area contributed by atoms with Gasteiger partial charge in [-0.2, -0.15) is 0 Å². The van der Waals surface area contributed by atoms with Gasteiger partial charge in [-0.15, -0.1) is 0 Å². The van der Waals surface area contributed by atoms with Crippen molar-refractivity contribution in [2.45, 2.75) is 44.2 Å². The highest BCUT2D eigenvalue weighted by Crippen LogP contribution is 2.33. The molecule has 0 N–H and O–H groups in total. The van der Waals surface area contributed by atoms with E-state index in [-0.39, 0.29) is 12.0 Å². The van der Waals surface area contributed by atoms with Crippen molar-refractivity contribution in [1.29, 1.82) is 0 Å². The van der Waals surface area contributed by atoms with Gasteiger partial charge in [-0.3, -0.25) is 9.69 Å². The molecule has 6 nitrogen and oxygen atoms in total. The van der Waals surface area contributed by atoms with Gasteiger partial charge in [-0.25, -0.2) is 4.79 Å². The highest BCUT2D eigenvalue weighted by molar-refractivity contribution is 5.94. The number of piperidine rings is 2. The molecule has 3 aliphatic heterocycles. The number of hydrogen-bond donors (Lipinski definition) is 0. The van der Waals surface area contributed by atoms with Crippen LogP contribution in [-0.2, 0) is 11.3 Å². The summed E-state index contributed by atoms with van der Waals surface area (Å²) >= 11 is 0. The molecule has 1 aromatic carbocycles. The van der Waals surface area contributed by atoms with Gasteiger partial charge in [0, 0.05) is 45.1 Å². The number of ether oxygens (including phenoxy) is 1. The van der Waals surface area contributed by atoms with Gasteiger partial charge < -0.3 is 14.5 Å². The number of likely N-dealkylation sites (N-methyl/N-ethyl adjacent to an activating group) is 1. The van der Waals surface area contributed by atoms with Crippen LogP contribution in [0.25, 0.3) is 0 Å². The minimum atomic E-state index is -0.402. The summed E-state index contributed by atoms with van der Waals surface area (Å²) in [5.41, 5.74) is 1.61. The number of hydrogen-bond acceptors (Lipinski definition) is 4. The molecule has 3 aliphatic rings. The molecule has 0 radical (unpaired) electrons. The second kappa shape index (κ2) is 7.50. The molecule has 146 valence electrons. The molecular formula is C21H29N3O3. The van der Waals surface area contributed by atoms with Gasteiger partial charge >= 0.3 is 6.09 Å². The fraction of sp³-hybridized carbons (Fsp3) is 0.619. The minimum absolute atomic E-state index is 0.0760. The number of carbonyl (C=O) groups is 2. The molecule has 1 spiro atoms. The van der Waals surface area contributed by atoms with Gasteiger partial charge in [0.15, 0.2) is 0 Å². The SMILES string of the molecule is CN1CC2(CCN(C(=O)c3ccc(CN4CCCCC4)cc3)CC2)OC1=O. The monoisotopic (exact) mass is 371 g/mol. The Morgan fingerprint density at radius 1 is 1.04 bits per heavy atom. The predicted octanol–water partition coefficient (Wildman–Crippen LogP) is 2.73. The molecule has 1 aromatic rings. The Hall–Kier alpha value is -2.08. The number of benzene rings is 1. The molecule has 3 heterocycles. The number of rotatable bonds is 3. The van der Waals surface area contributed by atoms with E-state index in [0.29, 0.717) is 32.5 Å². The van der Waals surface area contributed by atoms with Crippen molar-refractivity contribution in [1.82, 2.24) is 14.7 Å². The summed E-state index contributed by atoms with van der Waals surface area (Å²) in [5, 5.41) is 0. The third-order valence-corrected chi connectivity index (χ3v) is 6.16. The van der Waals surface area contributed by atoms with Crippen molar-refractivity contribution in [2.75, 3.05) is 39.8 Å². The van der Waals surface area contributed by atoms with E-state index in [1.807, 2.05) is 17.0 Å². The molecule has 0 atom stereocenters. The van der Waals surface area contributed by atoms with E-state index in [4.69, 9.17) is 4.74 Å². The predicted molar refractivity (Wildman–Crippen MR) is 103 cm³/mol. The molecule has 0 bridgehead atoms. The van der Waals surface area contributed by atoms with Crippen LogP contribution in [0.4, 0.5) is 4.79 Å². The zero-order valence-corrected chi connectivity index (χ0v) is 16.2. The van der Waals surface area contributed by atoms with E-state index < -0.39 is 5.60 Å². The van der Waals surface area contributed by atoms with Crippen molar-refractivity contribution in [2.24, 2.45) is 0 Å². The third-order valence-electron chi connectivity index (χ3n) is 6.16. The van der Waals surface area contributed by atoms with Crippen LogP contribution in [0.15, 0.2) is 24.3 Å². The van der Waals surface area contributed by atoms with Crippen molar-refractivity contribution >= 4 is 12.0 Å². The first-order valence-corrected chi connectivity index (χ1v) is 10.1. The van der Waals surface area contributed by atoms with Crippen molar-refractivity contribution in [3.63, 3.8) is 0 Å². The first-order chi connectivity index (χ1) is 13.0. The van der Waals surface area contributed by atoms with Gasteiger partial charge in [0.2, 0.25) is 0 Å². The third kappa shape index (κ3) is 3.95. The number of likely N-dealkylation sites (tertiary alicyclic amines) is 2. The van der Waals surface area contributed by atoms with Crippen molar-refractivity contribution in [3.05, 3.63) is 35.4 Å². The number of carbonyl (C=O) groups excluding carboxylic acids is 2. The minimum Gasteiger partial charge on any atom is -0.441 e. The van der Waals surface area contributed by atoms with E-state index in [1.54, 1.807) is 11.9 Å². The molecule has 0 aliphatic carbocycles.